The van der Waals surface area contributed by atoms with Crippen molar-refractivity contribution in [3.05, 3.63) is 64.2 Å². The van der Waals surface area contributed by atoms with E-state index >= 15 is 0 Å². The highest BCUT2D eigenvalue weighted by Gasteiger charge is 2.18. The van der Waals surface area contributed by atoms with Gasteiger partial charge in [-0.2, -0.15) is 0 Å². The molecule has 0 heterocycles. The number of nitrogens with zero attached hydrogens (tertiary/aromatic N) is 1. The maximum Gasteiger partial charge on any atom is 0.253 e. The Balaban J connectivity index is 2.18. The van der Waals surface area contributed by atoms with Crippen LogP contribution in [0.25, 0.3) is 0 Å². The first kappa shape index (κ1) is 20.4. The normalized spacial score (nSPS) is 11.4. The maximum absolute atomic E-state index is 12.6. The van der Waals surface area contributed by atoms with Gasteiger partial charge in [0.1, 0.15) is 0 Å². The molecule has 0 spiro atoms. The van der Waals surface area contributed by atoms with Gasteiger partial charge in [0.25, 0.3) is 5.91 Å². The molecule has 0 aliphatic rings. The predicted octanol–water partition coefficient (Wildman–Crippen LogP) is 3.61. The Morgan fingerprint density at radius 1 is 1.12 bits per heavy atom. The highest BCUT2D eigenvalue weighted by Crippen LogP contribution is 2.22. The second-order valence-corrected chi connectivity index (χ2v) is 8.01. The third-order valence-corrected chi connectivity index (χ3v) is 6.15. The van der Waals surface area contributed by atoms with Crippen LogP contribution in [0.4, 0.5) is 0 Å². The molecule has 0 saturated heterocycles. The summed E-state index contributed by atoms with van der Waals surface area (Å²) in [6.45, 7) is 6.85. The number of benzene rings is 2. The molecule has 7 heteroatoms. The molecule has 2 aromatic rings. The molecule has 0 bridgehead atoms. The van der Waals surface area contributed by atoms with Crippen molar-refractivity contribution < 1.29 is 13.2 Å². The van der Waals surface area contributed by atoms with Gasteiger partial charge < -0.3 is 4.90 Å². The smallest absolute Gasteiger partial charge is 0.253 e. The molecular formula is C19H23ClN2O3S. The summed E-state index contributed by atoms with van der Waals surface area (Å²) in [7, 11) is -3.70. The minimum atomic E-state index is -3.70. The van der Waals surface area contributed by atoms with E-state index in [4.69, 9.17) is 11.6 Å². The number of hydrogen-bond donors (Lipinski definition) is 1. The maximum atomic E-state index is 12.6. The van der Waals surface area contributed by atoms with E-state index in [0.717, 1.165) is 0 Å². The molecule has 0 saturated carbocycles. The lowest BCUT2D eigenvalue weighted by Crippen LogP contribution is -2.30. The lowest BCUT2D eigenvalue weighted by molar-refractivity contribution is 0.0773. The fourth-order valence-corrected chi connectivity index (χ4v) is 4.16. The predicted molar refractivity (Wildman–Crippen MR) is 104 cm³/mol. The van der Waals surface area contributed by atoms with Crippen LogP contribution in [0.5, 0.6) is 0 Å². The molecule has 26 heavy (non-hydrogen) atoms. The van der Waals surface area contributed by atoms with Crippen molar-refractivity contribution in [1.82, 2.24) is 9.62 Å². The molecule has 1 amide bonds. The molecule has 0 atom stereocenters. The Morgan fingerprint density at radius 3 is 2.42 bits per heavy atom. The van der Waals surface area contributed by atoms with Crippen LogP contribution in [0.1, 0.15) is 35.3 Å². The fourth-order valence-electron chi connectivity index (χ4n) is 2.64. The lowest BCUT2D eigenvalue weighted by atomic mass is 10.1. The highest BCUT2D eigenvalue weighted by atomic mass is 35.5. The summed E-state index contributed by atoms with van der Waals surface area (Å²) in [6, 6.07) is 11.8. The van der Waals surface area contributed by atoms with Crippen molar-refractivity contribution in [2.45, 2.75) is 32.2 Å². The van der Waals surface area contributed by atoms with E-state index in [0.29, 0.717) is 34.8 Å². The number of rotatable bonds is 7. The van der Waals surface area contributed by atoms with Gasteiger partial charge in [-0.1, -0.05) is 29.8 Å². The minimum absolute atomic E-state index is 0.0645. The topological polar surface area (TPSA) is 66.5 Å². The molecule has 0 aliphatic heterocycles. The standard InChI is InChI=1S/C19H23ClN2O3S/c1-4-22(5-2)19(23)16-9-6-8-15(12-16)13-21-26(24,25)18-11-7-10-17(20)14(18)3/h6-12,21H,4-5,13H2,1-3H3. The molecule has 0 aliphatic carbocycles. The Bertz CT molecular complexity index is 893. The number of carbonyl (C=O) groups excluding carboxylic acids is 1. The van der Waals surface area contributed by atoms with Crippen molar-refractivity contribution in [3.8, 4) is 0 Å². The summed E-state index contributed by atoms with van der Waals surface area (Å²) >= 11 is 6.02. The zero-order valence-electron chi connectivity index (χ0n) is 15.1. The quantitative estimate of drug-likeness (QED) is 0.780. The molecule has 5 nitrogen and oxygen atoms in total. The molecular weight excluding hydrogens is 372 g/mol. The second kappa shape index (κ2) is 8.66. The number of amides is 1. The van der Waals surface area contributed by atoms with E-state index in [-0.39, 0.29) is 17.3 Å². The zero-order chi connectivity index (χ0) is 19.3. The summed E-state index contributed by atoms with van der Waals surface area (Å²) in [6.07, 6.45) is 0. The first-order valence-corrected chi connectivity index (χ1v) is 10.3. The van der Waals surface area contributed by atoms with Gasteiger partial charge in [-0.05, 0) is 56.2 Å². The molecule has 140 valence electrons. The first-order chi connectivity index (χ1) is 12.3. The average Bonchev–Trinajstić information content (AvgIpc) is 2.63. The summed E-state index contributed by atoms with van der Waals surface area (Å²) in [5.41, 5.74) is 1.77. The van der Waals surface area contributed by atoms with Gasteiger partial charge >= 0.3 is 0 Å². The Hall–Kier alpha value is -1.89. The third kappa shape index (κ3) is 4.63. The van der Waals surface area contributed by atoms with E-state index in [2.05, 4.69) is 4.72 Å². The van der Waals surface area contributed by atoms with Crippen molar-refractivity contribution in [3.63, 3.8) is 0 Å². The van der Waals surface area contributed by atoms with Gasteiger partial charge in [0.05, 0.1) is 4.90 Å². The van der Waals surface area contributed by atoms with Crippen LogP contribution >= 0.6 is 11.6 Å². The number of hydrogen-bond acceptors (Lipinski definition) is 3. The molecule has 0 unspecified atom stereocenters. The Labute approximate surface area is 160 Å². The number of nitrogens with one attached hydrogen (secondary N) is 1. The van der Waals surface area contributed by atoms with Crippen LogP contribution < -0.4 is 4.72 Å². The van der Waals surface area contributed by atoms with Crippen LogP contribution in [0.2, 0.25) is 5.02 Å². The van der Waals surface area contributed by atoms with Gasteiger partial charge in [0.15, 0.2) is 0 Å². The van der Waals surface area contributed by atoms with Gasteiger partial charge in [-0.25, -0.2) is 13.1 Å². The van der Waals surface area contributed by atoms with Crippen molar-refractivity contribution in [2.24, 2.45) is 0 Å². The summed E-state index contributed by atoms with van der Waals surface area (Å²) in [5, 5.41) is 0.402. The minimum Gasteiger partial charge on any atom is -0.339 e. The SMILES string of the molecule is CCN(CC)C(=O)c1cccc(CNS(=O)(=O)c2cccc(Cl)c2C)c1. The third-order valence-electron chi connectivity index (χ3n) is 4.20. The van der Waals surface area contributed by atoms with Crippen LogP contribution in [0.15, 0.2) is 47.4 Å². The second-order valence-electron chi connectivity index (χ2n) is 5.87. The average molecular weight is 395 g/mol. The van der Waals surface area contributed by atoms with E-state index in [1.807, 2.05) is 13.8 Å². The first-order valence-electron chi connectivity index (χ1n) is 8.43. The molecule has 0 aromatic heterocycles. The number of halogens is 1. The van der Waals surface area contributed by atoms with Crippen LogP contribution in [-0.4, -0.2) is 32.3 Å². The zero-order valence-corrected chi connectivity index (χ0v) is 16.7. The molecule has 1 N–H and O–H groups in total. The molecule has 0 fully saturated rings. The van der Waals surface area contributed by atoms with Crippen LogP contribution in [0, 0.1) is 6.92 Å². The number of carbonyl (C=O) groups is 1. The van der Waals surface area contributed by atoms with Gasteiger partial charge in [-0.3, -0.25) is 4.79 Å². The van der Waals surface area contributed by atoms with Crippen molar-refractivity contribution in [1.29, 1.82) is 0 Å². The van der Waals surface area contributed by atoms with Gasteiger partial charge in [-0.15, -0.1) is 0 Å². The molecule has 0 radical (unpaired) electrons. The van der Waals surface area contributed by atoms with Crippen LogP contribution in [-0.2, 0) is 16.6 Å². The van der Waals surface area contributed by atoms with Gasteiger partial charge in [0.2, 0.25) is 10.0 Å². The van der Waals surface area contributed by atoms with E-state index < -0.39 is 10.0 Å². The monoisotopic (exact) mass is 394 g/mol. The van der Waals surface area contributed by atoms with E-state index in [1.54, 1.807) is 48.2 Å². The molecule has 2 rings (SSSR count). The van der Waals surface area contributed by atoms with Crippen LogP contribution in [0.3, 0.4) is 0 Å². The van der Waals surface area contributed by atoms with Crippen molar-refractivity contribution >= 4 is 27.5 Å². The number of sulfonamides is 1. The largest absolute Gasteiger partial charge is 0.339 e. The molecule has 2 aromatic carbocycles. The van der Waals surface area contributed by atoms with Crippen molar-refractivity contribution in [2.75, 3.05) is 13.1 Å². The summed E-state index contributed by atoms with van der Waals surface area (Å²) < 4.78 is 27.7. The van der Waals surface area contributed by atoms with E-state index in [9.17, 15) is 13.2 Å². The van der Waals surface area contributed by atoms with Gasteiger partial charge in [0, 0.05) is 30.2 Å². The lowest BCUT2D eigenvalue weighted by Gasteiger charge is -2.19. The highest BCUT2D eigenvalue weighted by molar-refractivity contribution is 7.89. The Kier molecular flexibility index (Phi) is 6.81. The summed E-state index contributed by atoms with van der Waals surface area (Å²) in [4.78, 5) is 14.3. The van der Waals surface area contributed by atoms with E-state index in [1.165, 1.54) is 6.07 Å². The fraction of sp³-hybridized carbons (Fsp3) is 0.316. The summed E-state index contributed by atoms with van der Waals surface area (Å²) in [5.74, 6) is -0.0645. The Morgan fingerprint density at radius 2 is 1.77 bits per heavy atom.